The zero-order valence-electron chi connectivity index (χ0n) is 14.8. The molecule has 1 saturated heterocycles. The Bertz CT molecular complexity index is 653. The van der Waals surface area contributed by atoms with E-state index < -0.39 is 0 Å². The lowest BCUT2D eigenvalue weighted by molar-refractivity contribution is -0.217. The maximum Gasteiger partial charge on any atom is 0.162 e. The molecule has 2 aromatic carbocycles. The normalized spacial score (nSPS) is 21.6. The summed E-state index contributed by atoms with van der Waals surface area (Å²) in [5.41, 5.74) is 2.08. The van der Waals surface area contributed by atoms with Crippen molar-refractivity contribution in [3.05, 3.63) is 71.8 Å². The van der Waals surface area contributed by atoms with Crippen molar-refractivity contribution in [2.45, 2.75) is 50.9 Å². The fraction of sp³-hybridized carbons (Fsp3) is 0.409. The Morgan fingerprint density at radius 1 is 1.08 bits per heavy atom. The second-order valence-electron chi connectivity index (χ2n) is 6.72. The van der Waals surface area contributed by atoms with Crippen LogP contribution in [-0.4, -0.2) is 24.8 Å². The van der Waals surface area contributed by atoms with Gasteiger partial charge in [0.05, 0.1) is 12.7 Å². The zero-order chi connectivity index (χ0) is 17.5. The minimum absolute atomic E-state index is 0.106. The molecular formula is C22H26O3. The highest BCUT2D eigenvalue weighted by Gasteiger charge is 2.25. The van der Waals surface area contributed by atoms with Gasteiger partial charge in [-0.25, -0.2) is 0 Å². The van der Waals surface area contributed by atoms with Gasteiger partial charge in [0.25, 0.3) is 0 Å². The van der Waals surface area contributed by atoms with Crippen molar-refractivity contribution in [2.75, 3.05) is 6.61 Å². The third-order valence-electron chi connectivity index (χ3n) is 4.79. The molecule has 3 heteroatoms. The van der Waals surface area contributed by atoms with Crippen LogP contribution in [0.5, 0.6) is 0 Å². The van der Waals surface area contributed by atoms with Gasteiger partial charge in [-0.05, 0) is 24.3 Å². The predicted molar refractivity (Wildman–Crippen MR) is 98.7 cm³/mol. The molecule has 1 heterocycles. The van der Waals surface area contributed by atoms with Gasteiger partial charge in [-0.1, -0.05) is 67.6 Å². The molecule has 132 valence electrons. The number of rotatable bonds is 7. The van der Waals surface area contributed by atoms with Crippen molar-refractivity contribution in [1.29, 1.82) is 0 Å². The van der Waals surface area contributed by atoms with Gasteiger partial charge in [-0.15, -0.1) is 0 Å². The highest BCUT2D eigenvalue weighted by Crippen LogP contribution is 2.26. The number of benzene rings is 2. The van der Waals surface area contributed by atoms with Crippen molar-refractivity contribution in [2.24, 2.45) is 0 Å². The van der Waals surface area contributed by atoms with E-state index in [1.807, 2.05) is 36.4 Å². The number of carbonyl (C=O) groups is 1. The average Bonchev–Trinajstić information content (AvgIpc) is 2.68. The van der Waals surface area contributed by atoms with Crippen LogP contribution < -0.4 is 0 Å². The van der Waals surface area contributed by atoms with Crippen LogP contribution in [0, 0.1) is 0 Å². The summed E-state index contributed by atoms with van der Waals surface area (Å²) in [5.74, 6) is 0.570. The summed E-state index contributed by atoms with van der Waals surface area (Å²) in [7, 11) is 0. The lowest BCUT2D eigenvalue weighted by Gasteiger charge is -2.31. The van der Waals surface area contributed by atoms with Crippen LogP contribution in [0.4, 0.5) is 0 Å². The first-order valence-corrected chi connectivity index (χ1v) is 9.12. The summed E-state index contributed by atoms with van der Waals surface area (Å²) in [6.45, 7) is 2.90. The summed E-state index contributed by atoms with van der Waals surface area (Å²) in [5, 5.41) is 0. The lowest BCUT2D eigenvalue weighted by atomic mass is 9.97. The number of ether oxygens (including phenoxy) is 2. The van der Waals surface area contributed by atoms with Crippen LogP contribution in [0.3, 0.4) is 0 Å². The molecule has 1 fully saturated rings. The van der Waals surface area contributed by atoms with E-state index >= 15 is 0 Å². The number of hydrogen-bond donors (Lipinski definition) is 0. The van der Waals surface area contributed by atoms with Crippen molar-refractivity contribution in [3.63, 3.8) is 0 Å². The van der Waals surface area contributed by atoms with Crippen molar-refractivity contribution < 1.29 is 14.3 Å². The predicted octanol–water partition coefficient (Wildman–Crippen LogP) is 4.97. The molecule has 1 aliphatic heterocycles. The third-order valence-corrected chi connectivity index (χ3v) is 4.79. The van der Waals surface area contributed by atoms with Crippen molar-refractivity contribution in [3.8, 4) is 0 Å². The van der Waals surface area contributed by atoms with Crippen LogP contribution in [0.1, 0.15) is 54.4 Å². The smallest absolute Gasteiger partial charge is 0.162 e. The summed E-state index contributed by atoms with van der Waals surface area (Å²) < 4.78 is 11.9. The average molecular weight is 338 g/mol. The fourth-order valence-corrected chi connectivity index (χ4v) is 3.26. The maximum absolute atomic E-state index is 12.2. The molecular weight excluding hydrogens is 312 g/mol. The highest BCUT2D eigenvalue weighted by atomic mass is 16.7. The fourth-order valence-electron chi connectivity index (χ4n) is 3.26. The third kappa shape index (κ3) is 5.25. The lowest BCUT2D eigenvalue weighted by Crippen LogP contribution is -2.33. The molecule has 2 aromatic rings. The molecule has 3 nitrogen and oxygen atoms in total. The van der Waals surface area contributed by atoms with Gasteiger partial charge < -0.3 is 9.47 Å². The van der Waals surface area contributed by atoms with E-state index in [0.29, 0.717) is 18.9 Å². The Balaban J connectivity index is 1.47. The Morgan fingerprint density at radius 3 is 2.48 bits per heavy atom. The Labute approximate surface area is 150 Å². The topological polar surface area (TPSA) is 35.5 Å². The SMILES string of the molecule is CC(CC1OCCC(CCC(=O)c2ccccc2)O1)c1ccccc1. The van der Waals surface area contributed by atoms with Gasteiger partial charge in [-0.3, -0.25) is 4.79 Å². The molecule has 3 rings (SSSR count). The van der Waals surface area contributed by atoms with Gasteiger partial charge >= 0.3 is 0 Å². The molecule has 0 N–H and O–H groups in total. The first kappa shape index (κ1) is 17.8. The highest BCUT2D eigenvalue weighted by molar-refractivity contribution is 5.95. The first-order valence-electron chi connectivity index (χ1n) is 9.12. The van der Waals surface area contributed by atoms with E-state index in [0.717, 1.165) is 24.8 Å². The largest absolute Gasteiger partial charge is 0.353 e. The monoisotopic (exact) mass is 338 g/mol. The minimum atomic E-state index is -0.180. The standard InChI is InChI=1S/C22H26O3/c1-17(18-8-4-2-5-9-18)16-22-24-15-14-20(25-22)12-13-21(23)19-10-6-3-7-11-19/h2-11,17,20,22H,12-16H2,1H3. The number of ketones is 1. The van der Waals surface area contributed by atoms with Gasteiger partial charge in [-0.2, -0.15) is 0 Å². The molecule has 3 atom stereocenters. The van der Waals surface area contributed by atoms with E-state index in [1.54, 1.807) is 0 Å². The molecule has 0 bridgehead atoms. The van der Waals surface area contributed by atoms with E-state index in [9.17, 15) is 4.79 Å². The van der Waals surface area contributed by atoms with E-state index in [-0.39, 0.29) is 18.2 Å². The van der Waals surface area contributed by atoms with Crippen LogP contribution in [-0.2, 0) is 9.47 Å². The molecule has 0 radical (unpaired) electrons. The minimum Gasteiger partial charge on any atom is -0.353 e. The van der Waals surface area contributed by atoms with Crippen molar-refractivity contribution >= 4 is 5.78 Å². The van der Waals surface area contributed by atoms with Gasteiger partial charge in [0.15, 0.2) is 12.1 Å². The summed E-state index contributed by atoms with van der Waals surface area (Å²) >= 11 is 0. The first-order chi connectivity index (χ1) is 12.2. The van der Waals surface area contributed by atoms with Crippen LogP contribution >= 0.6 is 0 Å². The summed E-state index contributed by atoms with van der Waals surface area (Å²) in [4.78, 5) is 12.2. The van der Waals surface area contributed by atoms with E-state index in [2.05, 4.69) is 31.2 Å². The second kappa shape index (κ2) is 8.93. The molecule has 0 saturated carbocycles. The molecule has 25 heavy (non-hydrogen) atoms. The maximum atomic E-state index is 12.2. The summed E-state index contributed by atoms with van der Waals surface area (Å²) in [6.07, 6.45) is 2.91. The zero-order valence-corrected chi connectivity index (χ0v) is 14.8. The van der Waals surface area contributed by atoms with E-state index in [1.165, 1.54) is 5.56 Å². The number of hydrogen-bond acceptors (Lipinski definition) is 3. The Morgan fingerprint density at radius 2 is 1.76 bits per heavy atom. The molecule has 1 aliphatic rings. The number of carbonyl (C=O) groups excluding carboxylic acids is 1. The van der Waals surface area contributed by atoms with Crippen LogP contribution in [0.25, 0.3) is 0 Å². The van der Waals surface area contributed by atoms with Gasteiger partial charge in [0, 0.05) is 18.4 Å². The van der Waals surface area contributed by atoms with Crippen LogP contribution in [0.2, 0.25) is 0 Å². The number of Topliss-reactive ketones (excluding diaryl/α,β-unsaturated/α-hetero) is 1. The Kier molecular flexibility index (Phi) is 6.37. The summed E-state index contributed by atoms with van der Waals surface area (Å²) in [6, 6.07) is 19.9. The molecule has 3 unspecified atom stereocenters. The van der Waals surface area contributed by atoms with Crippen molar-refractivity contribution in [1.82, 2.24) is 0 Å². The molecule has 0 aliphatic carbocycles. The molecule has 0 amide bonds. The quantitative estimate of drug-likeness (QED) is 0.668. The Hall–Kier alpha value is -1.97. The van der Waals surface area contributed by atoms with E-state index in [4.69, 9.17) is 9.47 Å². The van der Waals surface area contributed by atoms with Crippen LogP contribution in [0.15, 0.2) is 60.7 Å². The van der Waals surface area contributed by atoms with Gasteiger partial charge in [0.1, 0.15) is 0 Å². The molecule has 0 aromatic heterocycles. The van der Waals surface area contributed by atoms with Gasteiger partial charge in [0.2, 0.25) is 0 Å². The molecule has 0 spiro atoms. The second-order valence-corrected chi connectivity index (χ2v) is 6.72.